The van der Waals surface area contributed by atoms with E-state index in [9.17, 15) is 4.79 Å². The first kappa shape index (κ1) is 9.23. The summed E-state index contributed by atoms with van der Waals surface area (Å²) in [5.41, 5.74) is 0. The van der Waals surface area contributed by atoms with Gasteiger partial charge in [0.05, 0.1) is 0 Å². The highest BCUT2D eigenvalue weighted by molar-refractivity contribution is 5.83. The summed E-state index contributed by atoms with van der Waals surface area (Å²) in [6, 6.07) is 0. The number of carbonyl (C=O) groups excluding carboxylic acids is 1. The predicted octanol–water partition coefficient (Wildman–Crippen LogP) is 3.18. The molecule has 0 aromatic rings. The number of hydrogen-bond donors (Lipinski definition) is 0. The maximum atomic E-state index is 12.0. The molecule has 0 aromatic carbocycles. The average molecular weight is 180 g/mol. The first-order valence-electron chi connectivity index (χ1n) is 5.83. The Morgan fingerprint density at radius 2 is 1.69 bits per heavy atom. The van der Waals surface area contributed by atoms with Crippen molar-refractivity contribution in [3.8, 4) is 0 Å². The third-order valence-electron chi connectivity index (χ3n) is 3.97. The fourth-order valence-corrected chi connectivity index (χ4v) is 3.12. The molecule has 2 fully saturated rings. The number of ketones is 1. The maximum Gasteiger partial charge on any atom is 0.139 e. The van der Waals surface area contributed by atoms with Gasteiger partial charge >= 0.3 is 0 Å². The van der Waals surface area contributed by atoms with E-state index in [0.29, 0.717) is 17.6 Å². The molecule has 0 N–H and O–H groups in total. The van der Waals surface area contributed by atoms with Gasteiger partial charge < -0.3 is 0 Å². The van der Waals surface area contributed by atoms with Crippen LogP contribution in [0.3, 0.4) is 0 Å². The molecule has 2 rings (SSSR count). The number of carbonyl (C=O) groups is 1. The van der Waals surface area contributed by atoms with Crippen LogP contribution in [0.5, 0.6) is 0 Å². The minimum Gasteiger partial charge on any atom is -0.299 e. The molecule has 1 heteroatoms. The zero-order valence-electron chi connectivity index (χ0n) is 8.59. The molecule has 0 aliphatic heterocycles. The monoisotopic (exact) mass is 180 g/mol. The summed E-state index contributed by atoms with van der Waals surface area (Å²) in [4.78, 5) is 12.0. The van der Waals surface area contributed by atoms with Gasteiger partial charge in [0.1, 0.15) is 5.78 Å². The van der Waals surface area contributed by atoms with E-state index in [1.165, 1.54) is 38.5 Å². The topological polar surface area (TPSA) is 17.1 Å². The number of rotatable bonds is 0. The van der Waals surface area contributed by atoms with Crippen molar-refractivity contribution in [1.82, 2.24) is 0 Å². The first-order chi connectivity index (χ1) is 6.29. The molecule has 0 heterocycles. The maximum absolute atomic E-state index is 12.0. The third kappa shape index (κ3) is 1.79. The summed E-state index contributed by atoms with van der Waals surface area (Å²) in [6.07, 6.45) is 8.92. The van der Waals surface area contributed by atoms with E-state index in [2.05, 4.69) is 6.92 Å². The lowest BCUT2D eigenvalue weighted by Gasteiger charge is -2.29. The molecule has 0 radical (unpaired) electrons. The number of fused-ring (bicyclic) bond motifs is 1. The molecule has 0 bridgehead atoms. The van der Waals surface area contributed by atoms with Crippen molar-refractivity contribution in [3.05, 3.63) is 0 Å². The van der Waals surface area contributed by atoms with Crippen LogP contribution < -0.4 is 0 Å². The Balaban J connectivity index is 2.11. The lowest BCUT2D eigenvalue weighted by atomic mass is 9.75. The second-order valence-corrected chi connectivity index (χ2v) is 4.89. The van der Waals surface area contributed by atoms with Crippen molar-refractivity contribution in [2.75, 3.05) is 0 Å². The van der Waals surface area contributed by atoms with Gasteiger partial charge in [0.2, 0.25) is 0 Å². The first-order valence-corrected chi connectivity index (χ1v) is 5.83. The molecule has 0 aromatic heterocycles. The summed E-state index contributed by atoms with van der Waals surface area (Å²) < 4.78 is 0. The molecule has 2 aliphatic carbocycles. The van der Waals surface area contributed by atoms with Crippen LogP contribution in [0.2, 0.25) is 0 Å². The van der Waals surface area contributed by atoms with Crippen LogP contribution in [0, 0.1) is 17.8 Å². The SMILES string of the molecule is CC1CCC[C@H]2CCCC[C@H]2C1=O. The molecule has 0 saturated heterocycles. The van der Waals surface area contributed by atoms with Crippen LogP contribution in [-0.4, -0.2) is 5.78 Å². The van der Waals surface area contributed by atoms with Gasteiger partial charge in [-0.2, -0.15) is 0 Å². The normalized spacial score (nSPS) is 41.0. The third-order valence-corrected chi connectivity index (χ3v) is 3.97. The van der Waals surface area contributed by atoms with Crippen LogP contribution in [0.4, 0.5) is 0 Å². The molecule has 0 amide bonds. The Hall–Kier alpha value is -0.330. The van der Waals surface area contributed by atoms with Crippen molar-refractivity contribution < 1.29 is 4.79 Å². The molecule has 0 spiro atoms. The molecule has 2 saturated carbocycles. The van der Waals surface area contributed by atoms with Crippen molar-refractivity contribution in [2.24, 2.45) is 17.8 Å². The largest absolute Gasteiger partial charge is 0.299 e. The lowest BCUT2D eigenvalue weighted by molar-refractivity contribution is -0.128. The molecule has 13 heavy (non-hydrogen) atoms. The minimum atomic E-state index is 0.355. The highest BCUT2D eigenvalue weighted by Gasteiger charge is 2.34. The Bertz CT molecular complexity index is 197. The Labute approximate surface area is 80.9 Å². The van der Waals surface area contributed by atoms with Crippen LogP contribution in [-0.2, 0) is 4.79 Å². The fraction of sp³-hybridized carbons (Fsp3) is 0.917. The summed E-state index contributed by atoms with van der Waals surface area (Å²) >= 11 is 0. The van der Waals surface area contributed by atoms with Gasteiger partial charge in [0.15, 0.2) is 0 Å². The van der Waals surface area contributed by atoms with Crippen molar-refractivity contribution in [3.63, 3.8) is 0 Å². The van der Waals surface area contributed by atoms with E-state index in [-0.39, 0.29) is 0 Å². The average Bonchev–Trinajstić information content (AvgIpc) is 2.29. The zero-order valence-corrected chi connectivity index (χ0v) is 8.59. The van der Waals surface area contributed by atoms with Crippen molar-refractivity contribution >= 4 is 5.78 Å². The van der Waals surface area contributed by atoms with E-state index in [1.807, 2.05) is 0 Å². The predicted molar refractivity (Wildman–Crippen MR) is 53.5 cm³/mol. The van der Waals surface area contributed by atoms with Gasteiger partial charge in [-0.25, -0.2) is 0 Å². The van der Waals surface area contributed by atoms with Crippen LogP contribution in [0.15, 0.2) is 0 Å². The molecular formula is C12H20O. The summed E-state index contributed by atoms with van der Waals surface area (Å²) in [5.74, 6) is 2.15. The molecule has 1 unspecified atom stereocenters. The highest BCUT2D eigenvalue weighted by Crippen LogP contribution is 2.38. The minimum absolute atomic E-state index is 0.355. The fourth-order valence-electron chi connectivity index (χ4n) is 3.12. The summed E-state index contributed by atoms with van der Waals surface area (Å²) in [5, 5.41) is 0. The number of Topliss-reactive ketones (excluding diaryl/α,β-unsaturated/α-hetero) is 1. The second-order valence-electron chi connectivity index (χ2n) is 4.89. The van der Waals surface area contributed by atoms with Gasteiger partial charge in [0, 0.05) is 11.8 Å². The molecule has 3 atom stereocenters. The Morgan fingerprint density at radius 1 is 1.00 bits per heavy atom. The summed E-state index contributed by atoms with van der Waals surface area (Å²) in [6.45, 7) is 2.12. The van der Waals surface area contributed by atoms with Crippen LogP contribution >= 0.6 is 0 Å². The summed E-state index contributed by atoms with van der Waals surface area (Å²) in [7, 11) is 0. The second kappa shape index (κ2) is 3.81. The van der Waals surface area contributed by atoms with Crippen molar-refractivity contribution in [1.29, 1.82) is 0 Å². The van der Waals surface area contributed by atoms with Gasteiger partial charge in [-0.1, -0.05) is 26.2 Å². The quantitative estimate of drug-likeness (QED) is 0.559. The van der Waals surface area contributed by atoms with Gasteiger partial charge in [0.25, 0.3) is 0 Å². The zero-order chi connectivity index (χ0) is 9.26. The smallest absolute Gasteiger partial charge is 0.139 e. The van der Waals surface area contributed by atoms with Crippen molar-refractivity contribution in [2.45, 2.75) is 51.9 Å². The molecule has 1 nitrogen and oxygen atoms in total. The van der Waals surface area contributed by atoms with E-state index in [0.717, 1.165) is 12.3 Å². The number of hydrogen-bond acceptors (Lipinski definition) is 1. The standard InChI is InChI=1S/C12H20O/c1-9-5-4-7-10-6-2-3-8-11(10)12(9)13/h9-11H,2-8H2,1H3/t9?,10-,11-/m1/s1. The van der Waals surface area contributed by atoms with Crippen LogP contribution in [0.1, 0.15) is 51.9 Å². The van der Waals surface area contributed by atoms with E-state index < -0.39 is 0 Å². The molecule has 2 aliphatic rings. The van der Waals surface area contributed by atoms with Gasteiger partial charge in [-0.3, -0.25) is 4.79 Å². The Morgan fingerprint density at radius 3 is 2.54 bits per heavy atom. The molecular weight excluding hydrogens is 160 g/mol. The lowest BCUT2D eigenvalue weighted by Crippen LogP contribution is -2.28. The van der Waals surface area contributed by atoms with Gasteiger partial charge in [-0.15, -0.1) is 0 Å². The Kier molecular flexibility index (Phi) is 2.71. The van der Waals surface area contributed by atoms with Crippen LogP contribution in [0.25, 0.3) is 0 Å². The van der Waals surface area contributed by atoms with E-state index in [4.69, 9.17) is 0 Å². The van der Waals surface area contributed by atoms with E-state index >= 15 is 0 Å². The highest BCUT2D eigenvalue weighted by atomic mass is 16.1. The van der Waals surface area contributed by atoms with Gasteiger partial charge in [-0.05, 0) is 31.6 Å². The van der Waals surface area contributed by atoms with E-state index in [1.54, 1.807) is 0 Å². The molecule has 74 valence electrons.